The van der Waals surface area contributed by atoms with Gasteiger partial charge in [-0.3, -0.25) is 0 Å². The van der Waals surface area contributed by atoms with E-state index in [1.165, 1.54) is 4.90 Å². The van der Waals surface area contributed by atoms with Gasteiger partial charge in [0.05, 0.1) is 37.6 Å². The molecule has 0 bridgehead atoms. The lowest BCUT2D eigenvalue weighted by molar-refractivity contribution is -0.901. The molecule has 0 aliphatic carbocycles. The number of nitrogens with zero attached hydrogens (tertiary/aromatic N) is 1. The standard InChI is InChI=1S/C18H22N2O3S/c1-2-19-12-14-20(15-13-19)24(21,22)18-10-8-17(9-11-18)23-16-6-4-3-5-7-16/h3-11H,2,12-15H2,1H3/p+1. The summed E-state index contributed by atoms with van der Waals surface area (Å²) in [5, 5.41) is 0. The molecule has 1 aliphatic rings. The minimum atomic E-state index is -3.42. The van der Waals surface area contributed by atoms with Crippen LogP contribution in [0.3, 0.4) is 0 Å². The zero-order valence-corrected chi connectivity index (χ0v) is 14.6. The Kier molecular flexibility index (Phi) is 5.18. The first-order valence-corrected chi connectivity index (χ1v) is 9.70. The third-order valence-corrected chi connectivity index (χ3v) is 6.28. The van der Waals surface area contributed by atoms with Crippen molar-refractivity contribution in [3.05, 3.63) is 54.6 Å². The average molecular weight is 347 g/mol. The molecule has 0 aromatic heterocycles. The highest BCUT2D eigenvalue weighted by Gasteiger charge is 2.29. The molecule has 6 heteroatoms. The van der Waals surface area contributed by atoms with Crippen molar-refractivity contribution in [1.29, 1.82) is 0 Å². The van der Waals surface area contributed by atoms with Crippen LogP contribution in [0.4, 0.5) is 0 Å². The van der Waals surface area contributed by atoms with Crippen LogP contribution >= 0.6 is 0 Å². The third-order valence-electron chi connectivity index (χ3n) is 4.37. The number of ether oxygens (including phenoxy) is 1. The lowest BCUT2D eigenvalue weighted by Gasteiger charge is -2.30. The van der Waals surface area contributed by atoms with Crippen molar-refractivity contribution in [2.75, 3.05) is 32.7 Å². The van der Waals surface area contributed by atoms with Crippen LogP contribution in [0.15, 0.2) is 59.5 Å². The number of para-hydroxylation sites is 1. The molecule has 1 fully saturated rings. The maximum absolute atomic E-state index is 12.7. The molecule has 24 heavy (non-hydrogen) atoms. The highest BCUT2D eigenvalue weighted by molar-refractivity contribution is 7.89. The van der Waals surface area contributed by atoms with Crippen molar-refractivity contribution in [2.45, 2.75) is 11.8 Å². The molecular formula is C18H23N2O3S+. The number of benzene rings is 2. The molecule has 2 aromatic rings. The molecule has 1 N–H and O–H groups in total. The number of hydrogen-bond donors (Lipinski definition) is 1. The van der Waals surface area contributed by atoms with E-state index in [2.05, 4.69) is 6.92 Å². The maximum Gasteiger partial charge on any atom is 0.243 e. The number of hydrogen-bond acceptors (Lipinski definition) is 3. The molecule has 0 amide bonds. The van der Waals surface area contributed by atoms with Crippen LogP contribution < -0.4 is 9.64 Å². The van der Waals surface area contributed by atoms with Gasteiger partial charge in [-0.2, -0.15) is 4.31 Å². The summed E-state index contributed by atoms with van der Waals surface area (Å²) in [4.78, 5) is 1.77. The minimum absolute atomic E-state index is 0.322. The van der Waals surface area contributed by atoms with Gasteiger partial charge in [0.25, 0.3) is 0 Å². The normalized spacial score (nSPS) is 16.9. The SMILES string of the molecule is CC[NH+]1CCN(S(=O)(=O)c2ccc(Oc3ccccc3)cc2)CC1. The second kappa shape index (κ2) is 7.34. The maximum atomic E-state index is 12.7. The van der Waals surface area contributed by atoms with Gasteiger partial charge in [0.2, 0.25) is 10.0 Å². The molecule has 1 saturated heterocycles. The third kappa shape index (κ3) is 3.77. The smallest absolute Gasteiger partial charge is 0.243 e. The highest BCUT2D eigenvalue weighted by atomic mass is 32.2. The van der Waals surface area contributed by atoms with E-state index in [0.717, 1.165) is 25.4 Å². The van der Waals surface area contributed by atoms with Gasteiger partial charge in [-0.25, -0.2) is 8.42 Å². The molecule has 0 spiro atoms. The molecule has 0 radical (unpaired) electrons. The Balaban J connectivity index is 1.70. The summed E-state index contributed by atoms with van der Waals surface area (Å²) in [5.74, 6) is 1.35. The fourth-order valence-corrected chi connectivity index (χ4v) is 4.29. The number of sulfonamides is 1. The Hall–Kier alpha value is -1.89. The largest absolute Gasteiger partial charge is 0.457 e. The lowest BCUT2D eigenvalue weighted by atomic mass is 10.3. The summed E-state index contributed by atoms with van der Waals surface area (Å²) in [6, 6.07) is 16.1. The predicted octanol–water partition coefficient (Wildman–Crippen LogP) is 1.39. The highest BCUT2D eigenvalue weighted by Crippen LogP contribution is 2.24. The van der Waals surface area contributed by atoms with E-state index in [9.17, 15) is 8.42 Å². The first kappa shape index (κ1) is 17.0. The van der Waals surface area contributed by atoms with E-state index in [4.69, 9.17) is 4.74 Å². The lowest BCUT2D eigenvalue weighted by Crippen LogP contribution is -3.14. The van der Waals surface area contributed by atoms with Crippen molar-refractivity contribution in [3.63, 3.8) is 0 Å². The Morgan fingerprint density at radius 1 is 0.958 bits per heavy atom. The molecular weight excluding hydrogens is 324 g/mol. The summed E-state index contributed by atoms with van der Waals surface area (Å²) in [7, 11) is -3.42. The van der Waals surface area contributed by atoms with E-state index < -0.39 is 10.0 Å². The van der Waals surface area contributed by atoms with Crippen LogP contribution in [0.1, 0.15) is 6.92 Å². The van der Waals surface area contributed by atoms with Crippen molar-refractivity contribution in [2.24, 2.45) is 0 Å². The summed E-state index contributed by atoms with van der Waals surface area (Å²) in [6.07, 6.45) is 0. The van der Waals surface area contributed by atoms with Crippen LogP contribution in [0.2, 0.25) is 0 Å². The van der Waals surface area contributed by atoms with Crippen LogP contribution in [0.25, 0.3) is 0 Å². The Labute approximate surface area is 143 Å². The van der Waals surface area contributed by atoms with Gasteiger partial charge in [0.1, 0.15) is 11.5 Å². The van der Waals surface area contributed by atoms with Crippen molar-refractivity contribution >= 4 is 10.0 Å². The monoisotopic (exact) mass is 347 g/mol. The molecule has 128 valence electrons. The molecule has 1 heterocycles. The molecule has 0 saturated carbocycles. The first-order chi connectivity index (χ1) is 11.6. The number of quaternary nitrogens is 1. The van der Waals surface area contributed by atoms with E-state index in [0.29, 0.717) is 23.7 Å². The number of rotatable bonds is 5. The van der Waals surface area contributed by atoms with Gasteiger partial charge in [-0.15, -0.1) is 0 Å². The quantitative estimate of drug-likeness (QED) is 0.889. The predicted molar refractivity (Wildman–Crippen MR) is 93.0 cm³/mol. The number of nitrogens with one attached hydrogen (secondary N) is 1. The second-order valence-electron chi connectivity index (χ2n) is 5.89. The van der Waals surface area contributed by atoms with Crippen LogP contribution in [-0.2, 0) is 10.0 Å². The van der Waals surface area contributed by atoms with Gasteiger partial charge in [-0.05, 0) is 43.3 Å². The summed E-state index contributed by atoms with van der Waals surface area (Å²) in [6.45, 7) is 6.06. The van der Waals surface area contributed by atoms with E-state index in [-0.39, 0.29) is 0 Å². The molecule has 0 unspecified atom stereocenters. The van der Waals surface area contributed by atoms with Gasteiger partial charge < -0.3 is 9.64 Å². The second-order valence-corrected chi connectivity index (χ2v) is 7.83. The van der Waals surface area contributed by atoms with E-state index in [1.807, 2.05) is 30.3 Å². The van der Waals surface area contributed by atoms with Crippen LogP contribution in [0, 0.1) is 0 Å². The molecule has 3 rings (SSSR count). The Morgan fingerprint density at radius 3 is 2.12 bits per heavy atom. The molecule has 0 atom stereocenters. The molecule has 1 aliphatic heterocycles. The average Bonchev–Trinajstić information content (AvgIpc) is 2.63. The molecule has 2 aromatic carbocycles. The zero-order chi connectivity index (χ0) is 17.0. The first-order valence-electron chi connectivity index (χ1n) is 8.26. The summed E-state index contributed by atoms with van der Waals surface area (Å²) < 4.78 is 32.7. The molecule has 5 nitrogen and oxygen atoms in total. The van der Waals surface area contributed by atoms with Gasteiger partial charge in [-0.1, -0.05) is 18.2 Å². The number of likely N-dealkylation sites (N-methyl/N-ethyl adjacent to an activating group) is 1. The Morgan fingerprint density at radius 2 is 1.54 bits per heavy atom. The van der Waals surface area contributed by atoms with Crippen LogP contribution in [0.5, 0.6) is 11.5 Å². The number of piperazine rings is 1. The fraction of sp³-hybridized carbons (Fsp3) is 0.333. The topological polar surface area (TPSA) is 51.0 Å². The van der Waals surface area contributed by atoms with Crippen molar-refractivity contribution in [1.82, 2.24) is 4.31 Å². The van der Waals surface area contributed by atoms with Crippen molar-refractivity contribution in [3.8, 4) is 11.5 Å². The van der Waals surface area contributed by atoms with Gasteiger partial charge in [0, 0.05) is 0 Å². The van der Waals surface area contributed by atoms with Crippen LogP contribution in [-0.4, -0.2) is 45.4 Å². The summed E-state index contributed by atoms with van der Waals surface area (Å²) in [5.41, 5.74) is 0. The van der Waals surface area contributed by atoms with E-state index >= 15 is 0 Å². The summed E-state index contributed by atoms with van der Waals surface area (Å²) >= 11 is 0. The Bertz CT molecular complexity index is 753. The zero-order valence-electron chi connectivity index (χ0n) is 13.8. The van der Waals surface area contributed by atoms with Gasteiger partial charge in [0.15, 0.2) is 0 Å². The van der Waals surface area contributed by atoms with Gasteiger partial charge >= 0.3 is 0 Å². The van der Waals surface area contributed by atoms with E-state index in [1.54, 1.807) is 28.6 Å². The minimum Gasteiger partial charge on any atom is -0.457 e. The fourth-order valence-electron chi connectivity index (χ4n) is 2.85. The van der Waals surface area contributed by atoms with Crippen molar-refractivity contribution < 1.29 is 18.1 Å².